The highest BCUT2D eigenvalue weighted by molar-refractivity contribution is 6.05. The monoisotopic (exact) mass is 801 g/mol. The molecule has 1 aliphatic rings. The molecule has 2 heterocycles. The standard InChI is InChI=1S/C60H39N3/c1-4-16-40(17-5-1)57-38-58(45-21-14-20-41(34-45)46-22-15-33-61-39-46)63-59(62-57)53-32-31-49(50-27-12-13-28-51(50)53)44-29-30-52-54-35-42-18-10-11-19-43(42)36-56(54)60(55(52)37-44,47-23-6-2-7-24-47)48-25-8-3-9-26-48/h1-39H. The van der Waals surface area contributed by atoms with Gasteiger partial charge >= 0.3 is 0 Å². The molecule has 0 amide bonds. The quantitative estimate of drug-likeness (QED) is 0.161. The highest BCUT2D eigenvalue weighted by Crippen LogP contribution is 2.57. The van der Waals surface area contributed by atoms with Crippen LogP contribution in [0.2, 0.25) is 0 Å². The first-order chi connectivity index (χ1) is 31.2. The van der Waals surface area contributed by atoms with E-state index in [9.17, 15) is 0 Å². The molecule has 0 N–H and O–H groups in total. The van der Waals surface area contributed by atoms with Crippen LogP contribution in [0, 0.1) is 0 Å². The molecule has 9 aromatic carbocycles. The molecule has 0 unspecified atom stereocenters. The summed E-state index contributed by atoms with van der Waals surface area (Å²) in [6, 6.07) is 81.1. The van der Waals surface area contributed by atoms with Crippen LogP contribution in [0.1, 0.15) is 22.3 Å². The van der Waals surface area contributed by atoms with Gasteiger partial charge < -0.3 is 0 Å². The fourth-order valence-corrected chi connectivity index (χ4v) is 9.95. The Morgan fingerprint density at radius 1 is 0.317 bits per heavy atom. The van der Waals surface area contributed by atoms with Gasteiger partial charge in [-0.05, 0) is 114 Å². The van der Waals surface area contributed by atoms with E-state index in [1.807, 2.05) is 18.3 Å². The van der Waals surface area contributed by atoms with E-state index < -0.39 is 5.41 Å². The fourth-order valence-electron chi connectivity index (χ4n) is 9.95. The summed E-state index contributed by atoms with van der Waals surface area (Å²) in [5, 5.41) is 4.73. The van der Waals surface area contributed by atoms with Gasteiger partial charge in [0.25, 0.3) is 0 Å². The van der Waals surface area contributed by atoms with Crippen molar-refractivity contribution in [2.24, 2.45) is 0 Å². The Balaban J connectivity index is 1.05. The molecule has 0 saturated heterocycles. The van der Waals surface area contributed by atoms with E-state index in [0.717, 1.165) is 61.1 Å². The first kappa shape index (κ1) is 36.6. The molecule has 63 heavy (non-hydrogen) atoms. The highest BCUT2D eigenvalue weighted by Gasteiger charge is 2.46. The molecular weight excluding hydrogens is 763 g/mol. The number of benzene rings is 9. The Morgan fingerprint density at radius 3 is 1.59 bits per heavy atom. The van der Waals surface area contributed by atoms with Crippen LogP contribution in [0.3, 0.4) is 0 Å². The zero-order valence-corrected chi connectivity index (χ0v) is 34.4. The second-order valence-electron chi connectivity index (χ2n) is 16.3. The predicted octanol–water partition coefficient (Wildman–Crippen LogP) is 14.9. The normalized spacial score (nSPS) is 12.6. The first-order valence-electron chi connectivity index (χ1n) is 21.5. The van der Waals surface area contributed by atoms with Crippen molar-refractivity contribution in [3.8, 4) is 67.3 Å². The lowest BCUT2D eigenvalue weighted by molar-refractivity contribution is 0.770. The lowest BCUT2D eigenvalue weighted by Gasteiger charge is -2.34. The third-order valence-electron chi connectivity index (χ3n) is 12.8. The summed E-state index contributed by atoms with van der Waals surface area (Å²) < 4.78 is 0. The summed E-state index contributed by atoms with van der Waals surface area (Å²) in [6.07, 6.45) is 3.71. The van der Waals surface area contributed by atoms with Crippen LogP contribution in [0.5, 0.6) is 0 Å². The van der Waals surface area contributed by atoms with Crippen LogP contribution >= 0.6 is 0 Å². The number of hydrogen-bond donors (Lipinski definition) is 0. The Bertz CT molecular complexity index is 3450. The molecule has 0 bridgehead atoms. The molecular formula is C60H39N3. The molecule has 0 aliphatic heterocycles. The van der Waals surface area contributed by atoms with Crippen LogP contribution in [0.25, 0.3) is 88.8 Å². The zero-order chi connectivity index (χ0) is 41.7. The zero-order valence-electron chi connectivity index (χ0n) is 34.4. The van der Waals surface area contributed by atoms with Gasteiger partial charge in [0.1, 0.15) is 0 Å². The molecule has 2 aromatic heterocycles. The number of hydrogen-bond acceptors (Lipinski definition) is 3. The minimum atomic E-state index is -0.528. The smallest absolute Gasteiger partial charge is 0.161 e. The van der Waals surface area contributed by atoms with E-state index in [1.165, 1.54) is 44.2 Å². The van der Waals surface area contributed by atoms with Gasteiger partial charge in [0, 0.05) is 34.6 Å². The van der Waals surface area contributed by atoms with Crippen molar-refractivity contribution < 1.29 is 0 Å². The largest absolute Gasteiger partial charge is 0.264 e. The topological polar surface area (TPSA) is 38.7 Å². The van der Waals surface area contributed by atoms with E-state index in [0.29, 0.717) is 5.82 Å². The highest BCUT2D eigenvalue weighted by atomic mass is 14.9. The van der Waals surface area contributed by atoms with E-state index >= 15 is 0 Å². The van der Waals surface area contributed by atoms with Gasteiger partial charge in [-0.15, -0.1) is 0 Å². The van der Waals surface area contributed by atoms with Crippen LogP contribution in [-0.2, 0) is 5.41 Å². The summed E-state index contributed by atoms with van der Waals surface area (Å²) in [4.78, 5) is 15.0. The summed E-state index contributed by atoms with van der Waals surface area (Å²) >= 11 is 0. The van der Waals surface area contributed by atoms with Crippen molar-refractivity contribution in [2.75, 3.05) is 0 Å². The molecule has 11 aromatic rings. The second-order valence-corrected chi connectivity index (χ2v) is 16.3. The predicted molar refractivity (Wildman–Crippen MR) is 259 cm³/mol. The van der Waals surface area contributed by atoms with Gasteiger partial charge in [-0.3, -0.25) is 4.98 Å². The van der Waals surface area contributed by atoms with Gasteiger partial charge in [-0.1, -0.05) is 182 Å². The number of aromatic nitrogens is 3. The molecule has 3 nitrogen and oxygen atoms in total. The lowest BCUT2D eigenvalue weighted by atomic mass is 9.67. The van der Waals surface area contributed by atoms with Crippen molar-refractivity contribution >= 4 is 21.5 Å². The molecule has 294 valence electrons. The maximum absolute atomic E-state index is 5.34. The molecule has 0 radical (unpaired) electrons. The Kier molecular flexibility index (Phi) is 8.72. The van der Waals surface area contributed by atoms with Crippen molar-refractivity contribution in [1.82, 2.24) is 15.0 Å². The molecule has 3 heteroatoms. The van der Waals surface area contributed by atoms with Crippen LogP contribution < -0.4 is 0 Å². The molecule has 0 spiro atoms. The number of nitrogens with zero attached hydrogens (tertiary/aromatic N) is 3. The fraction of sp³-hybridized carbons (Fsp3) is 0.0167. The molecule has 0 fully saturated rings. The third-order valence-corrected chi connectivity index (χ3v) is 12.8. The van der Waals surface area contributed by atoms with Crippen LogP contribution in [-0.4, -0.2) is 15.0 Å². The Morgan fingerprint density at radius 2 is 0.873 bits per heavy atom. The Hall–Kier alpha value is -8.27. The average Bonchev–Trinajstić information content (AvgIpc) is 3.65. The van der Waals surface area contributed by atoms with Crippen LogP contribution in [0.4, 0.5) is 0 Å². The molecule has 12 rings (SSSR count). The second kappa shape index (κ2) is 15.0. The minimum absolute atomic E-state index is 0.528. The van der Waals surface area contributed by atoms with Gasteiger partial charge in [0.05, 0.1) is 16.8 Å². The van der Waals surface area contributed by atoms with Gasteiger partial charge in [-0.25, -0.2) is 9.97 Å². The van der Waals surface area contributed by atoms with E-state index in [4.69, 9.17) is 9.97 Å². The Labute approximate surface area is 366 Å². The summed E-state index contributed by atoms with van der Waals surface area (Å²) in [5.41, 5.74) is 16.4. The van der Waals surface area contributed by atoms with Gasteiger partial charge in [0.15, 0.2) is 5.82 Å². The summed E-state index contributed by atoms with van der Waals surface area (Å²) in [7, 11) is 0. The van der Waals surface area contributed by atoms with Gasteiger partial charge in [0.2, 0.25) is 0 Å². The first-order valence-corrected chi connectivity index (χ1v) is 21.5. The number of fused-ring (bicyclic) bond motifs is 5. The average molecular weight is 802 g/mol. The SMILES string of the molecule is c1ccc(-c2cc(-c3cccc(-c4cccnc4)c3)nc(-c3ccc(-c4ccc5c(c4)C(c4ccccc4)(c4ccccc4)c4cc6ccccc6cc4-5)c4ccccc34)n2)cc1. The number of pyridine rings is 1. The maximum Gasteiger partial charge on any atom is 0.161 e. The van der Waals surface area contributed by atoms with Crippen molar-refractivity contribution in [3.63, 3.8) is 0 Å². The lowest BCUT2D eigenvalue weighted by Crippen LogP contribution is -2.28. The van der Waals surface area contributed by atoms with Crippen molar-refractivity contribution in [3.05, 3.63) is 259 Å². The van der Waals surface area contributed by atoms with E-state index in [-0.39, 0.29) is 0 Å². The van der Waals surface area contributed by atoms with Crippen molar-refractivity contribution in [1.29, 1.82) is 0 Å². The van der Waals surface area contributed by atoms with E-state index in [2.05, 4.69) is 217 Å². The number of rotatable bonds is 7. The van der Waals surface area contributed by atoms with E-state index in [1.54, 1.807) is 6.20 Å². The molecule has 0 saturated carbocycles. The van der Waals surface area contributed by atoms with Gasteiger partial charge in [-0.2, -0.15) is 0 Å². The summed E-state index contributed by atoms with van der Waals surface area (Å²) in [6.45, 7) is 0. The molecule has 0 atom stereocenters. The minimum Gasteiger partial charge on any atom is -0.264 e. The summed E-state index contributed by atoms with van der Waals surface area (Å²) in [5.74, 6) is 0.685. The third kappa shape index (κ3) is 6.08. The maximum atomic E-state index is 5.34. The molecule has 1 aliphatic carbocycles. The van der Waals surface area contributed by atoms with Crippen molar-refractivity contribution in [2.45, 2.75) is 5.41 Å². The van der Waals surface area contributed by atoms with Crippen LogP contribution in [0.15, 0.2) is 237 Å².